The van der Waals surface area contributed by atoms with Gasteiger partial charge < -0.3 is 9.88 Å². The zero-order valence-corrected chi connectivity index (χ0v) is 12.7. The highest BCUT2D eigenvalue weighted by molar-refractivity contribution is 9.10. The highest BCUT2D eigenvalue weighted by atomic mass is 79.9. The van der Waals surface area contributed by atoms with Crippen LogP contribution in [0.25, 0.3) is 0 Å². The van der Waals surface area contributed by atoms with Crippen molar-refractivity contribution < 1.29 is 4.79 Å². The van der Waals surface area contributed by atoms with Crippen molar-refractivity contribution >= 4 is 21.8 Å². The minimum atomic E-state index is 0.0231. The summed E-state index contributed by atoms with van der Waals surface area (Å²) in [4.78, 5) is 12.1. The maximum absolute atomic E-state index is 12.1. The van der Waals surface area contributed by atoms with Crippen LogP contribution in [-0.2, 0) is 7.05 Å². The molecule has 0 unspecified atom stereocenters. The molecule has 0 spiro atoms. The van der Waals surface area contributed by atoms with E-state index < -0.39 is 0 Å². The molecule has 3 nitrogen and oxygen atoms in total. The van der Waals surface area contributed by atoms with Crippen molar-refractivity contribution in [1.29, 1.82) is 0 Å². The van der Waals surface area contributed by atoms with Crippen LogP contribution in [0, 0.1) is 5.41 Å². The van der Waals surface area contributed by atoms with Gasteiger partial charge in [-0.05, 0) is 40.3 Å². The summed E-state index contributed by atoms with van der Waals surface area (Å²) >= 11 is 3.39. The van der Waals surface area contributed by atoms with E-state index in [-0.39, 0.29) is 11.3 Å². The Labute approximate surface area is 117 Å². The van der Waals surface area contributed by atoms with Gasteiger partial charge in [-0.15, -0.1) is 0 Å². The Morgan fingerprint density at radius 3 is 2.67 bits per heavy atom. The second-order valence-corrected chi connectivity index (χ2v) is 6.62. The minimum Gasteiger partial charge on any atom is -0.350 e. The Kier molecular flexibility index (Phi) is 4.15. The first-order chi connectivity index (χ1) is 8.50. The molecule has 0 saturated heterocycles. The van der Waals surface area contributed by atoms with E-state index in [1.807, 2.05) is 23.9 Å². The summed E-state index contributed by atoms with van der Waals surface area (Å²) in [5, 5.41) is 3.08. The Bertz CT molecular complexity index is 433. The second kappa shape index (κ2) is 5.47. The molecule has 1 aliphatic carbocycles. The normalized spacial score (nSPS) is 18.6. The molecule has 0 aromatic carbocycles. The van der Waals surface area contributed by atoms with Crippen molar-refractivity contribution in [1.82, 2.24) is 9.88 Å². The number of hydrogen-bond donors (Lipinski definition) is 1. The molecule has 4 heteroatoms. The minimum absolute atomic E-state index is 0.0231. The molecule has 0 radical (unpaired) electrons. The Morgan fingerprint density at radius 2 is 2.11 bits per heavy atom. The van der Waals surface area contributed by atoms with Crippen LogP contribution in [0.15, 0.2) is 16.7 Å². The molecule has 0 aliphatic heterocycles. The number of aryl methyl sites for hydroxylation is 1. The van der Waals surface area contributed by atoms with Crippen molar-refractivity contribution in [2.24, 2.45) is 12.5 Å². The number of carbonyl (C=O) groups excluding carboxylic acids is 1. The summed E-state index contributed by atoms with van der Waals surface area (Å²) in [6.45, 7) is 3.07. The van der Waals surface area contributed by atoms with Crippen LogP contribution in [0.1, 0.15) is 49.5 Å². The van der Waals surface area contributed by atoms with Crippen molar-refractivity contribution in [3.8, 4) is 0 Å². The molecule has 2 rings (SSSR count). The third-order valence-corrected chi connectivity index (χ3v) is 4.37. The highest BCUT2D eigenvalue weighted by Crippen LogP contribution is 2.34. The van der Waals surface area contributed by atoms with E-state index in [0.717, 1.165) is 11.0 Å². The lowest BCUT2D eigenvalue weighted by Gasteiger charge is -2.33. The lowest BCUT2D eigenvalue weighted by Crippen LogP contribution is -2.37. The SMILES string of the molecule is Cn1cc(Br)cc1C(=O)NCC1(C)CCCCC1. The van der Waals surface area contributed by atoms with Crippen LogP contribution in [0.4, 0.5) is 0 Å². The molecule has 18 heavy (non-hydrogen) atoms. The van der Waals surface area contributed by atoms with Gasteiger partial charge in [0.1, 0.15) is 5.69 Å². The zero-order chi connectivity index (χ0) is 13.2. The molecule has 1 aliphatic rings. The molecule has 1 N–H and O–H groups in total. The first-order valence-electron chi connectivity index (χ1n) is 6.60. The van der Waals surface area contributed by atoms with E-state index in [2.05, 4.69) is 28.2 Å². The first kappa shape index (κ1) is 13.7. The maximum Gasteiger partial charge on any atom is 0.267 e. The highest BCUT2D eigenvalue weighted by Gasteiger charge is 2.27. The zero-order valence-electron chi connectivity index (χ0n) is 11.1. The Hall–Kier alpha value is -0.770. The summed E-state index contributed by atoms with van der Waals surface area (Å²) in [7, 11) is 1.89. The number of aromatic nitrogens is 1. The lowest BCUT2D eigenvalue weighted by molar-refractivity contribution is 0.0911. The molecule has 0 atom stereocenters. The number of halogens is 1. The average molecular weight is 313 g/mol. The number of hydrogen-bond acceptors (Lipinski definition) is 1. The topological polar surface area (TPSA) is 34.0 Å². The largest absolute Gasteiger partial charge is 0.350 e. The van der Waals surface area contributed by atoms with Gasteiger partial charge in [-0.3, -0.25) is 4.79 Å². The number of nitrogens with zero attached hydrogens (tertiary/aromatic N) is 1. The number of rotatable bonds is 3. The van der Waals surface area contributed by atoms with Crippen molar-refractivity contribution in [3.63, 3.8) is 0 Å². The lowest BCUT2D eigenvalue weighted by atomic mass is 9.76. The van der Waals surface area contributed by atoms with Gasteiger partial charge in [0, 0.05) is 24.3 Å². The van der Waals surface area contributed by atoms with Gasteiger partial charge in [0.2, 0.25) is 0 Å². The Balaban J connectivity index is 1.94. The molecule has 0 bridgehead atoms. The molecule has 1 heterocycles. The predicted octanol–water partition coefficient (Wildman–Crippen LogP) is 3.49. The molecule has 100 valence electrons. The molecule has 1 saturated carbocycles. The van der Waals surface area contributed by atoms with Crippen molar-refractivity contribution in [2.45, 2.75) is 39.0 Å². The summed E-state index contributed by atoms with van der Waals surface area (Å²) < 4.78 is 2.79. The van der Waals surface area contributed by atoms with Gasteiger partial charge in [-0.25, -0.2) is 0 Å². The van der Waals surface area contributed by atoms with Crippen molar-refractivity contribution in [3.05, 3.63) is 22.4 Å². The third-order valence-electron chi connectivity index (χ3n) is 3.94. The van der Waals surface area contributed by atoms with Crippen LogP contribution >= 0.6 is 15.9 Å². The van der Waals surface area contributed by atoms with E-state index >= 15 is 0 Å². The van der Waals surface area contributed by atoms with E-state index in [9.17, 15) is 4.79 Å². The standard InChI is InChI=1S/C14H21BrN2O/c1-14(6-4-3-5-7-14)10-16-13(18)12-8-11(15)9-17(12)2/h8-9H,3-7,10H2,1-2H3,(H,16,18). The number of carbonyl (C=O) groups is 1. The van der Waals surface area contributed by atoms with E-state index in [1.54, 1.807) is 0 Å². The van der Waals surface area contributed by atoms with Crippen LogP contribution < -0.4 is 5.32 Å². The molecular weight excluding hydrogens is 292 g/mol. The maximum atomic E-state index is 12.1. The fraction of sp³-hybridized carbons (Fsp3) is 0.643. The van der Waals surface area contributed by atoms with E-state index in [4.69, 9.17) is 0 Å². The van der Waals surface area contributed by atoms with E-state index in [0.29, 0.717) is 5.69 Å². The second-order valence-electron chi connectivity index (χ2n) is 5.71. The smallest absolute Gasteiger partial charge is 0.267 e. The predicted molar refractivity (Wildman–Crippen MR) is 76.6 cm³/mol. The molecule has 1 fully saturated rings. The van der Waals surface area contributed by atoms with Crippen LogP contribution in [-0.4, -0.2) is 17.0 Å². The van der Waals surface area contributed by atoms with Gasteiger partial charge in [0.25, 0.3) is 5.91 Å². The molecule has 1 amide bonds. The summed E-state index contributed by atoms with van der Waals surface area (Å²) in [6, 6.07) is 1.86. The van der Waals surface area contributed by atoms with Crippen LogP contribution in [0.2, 0.25) is 0 Å². The average Bonchev–Trinajstić information content (AvgIpc) is 2.67. The van der Waals surface area contributed by atoms with Gasteiger partial charge in [-0.1, -0.05) is 26.2 Å². The fourth-order valence-electron chi connectivity index (χ4n) is 2.72. The quantitative estimate of drug-likeness (QED) is 0.910. The van der Waals surface area contributed by atoms with Gasteiger partial charge in [-0.2, -0.15) is 0 Å². The Morgan fingerprint density at radius 1 is 1.44 bits per heavy atom. The van der Waals surface area contributed by atoms with E-state index in [1.165, 1.54) is 32.1 Å². The summed E-state index contributed by atoms with van der Waals surface area (Å²) in [5.74, 6) is 0.0231. The van der Waals surface area contributed by atoms with Crippen LogP contribution in [0.5, 0.6) is 0 Å². The summed E-state index contributed by atoms with van der Waals surface area (Å²) in [6.07, 6.45) is 8.28. The molecule has 1 aromatic heterocycles. The van der Waals surface area contributed by atoms with Gasteiger partial charge in [0.15, 0.2) is 0 Å². The third kappa shape index (κ3) is 3.16. The first-order valence-corrected chi connectivity index (χ1v) is 7.40. The number of nitrogens with one attached hydrogen (secondary N) is 1. The van der Waals surface area contributed by atoms with Gasteiger partial charge >= 0.3 is 0 Å². The number of amides is 1. The summed E-state index contributed by atoms with van der Waals surface area (Å²) in [5.41, 5.74) is 0.998. The molecule has 1 aromatic rings. The monoisotopic (exact) mass is 312 g/mol. The van der Waals surface area contributed by atoms with Crippen LogP contribution in [0.3, 0.4) is 0 Å². The van der Waals surface area contributed by atoms with Gasteiger partial charge in [0.05, 0.1) is 0 Å². The fourth-order valence-corrected chi connectivity index (χ4v) is 3.24. The molecular formula is C14H21BrN2O. The van der Waals surface area contributed by atoms with Crippen molar-refractivity contribution in [2.75, 3.05) is 6.54 Å².